The van der Waals surface area contributed by atoms with Gasteiger partial charge in [-0.25, -0.2) is 0 Å². The Hall–Kier alpha value is -2.96. The Balaban J connectivity index is 0.000000860. The fourth-order valence-corrected chi connectivity index (χ4v) is 9.96. The maximum absolute atomic E-state index is 12.9. The molecule has 504 valence electrons. The molecule has 0 spiro atoms. The molecule has 24 nitrogen and oxygen atoms in total. The molecule has 0 aromatic carbocycles. The van der Waals surface area contributed by atoms with Crippen molar-refractivity contribution in [3.05, 3.63) is 0 Å². The summed E-state index contributed by atoms with van der Waals surface area (Å²) in [7, 11) is 3.21. The highest BCUT2D eigenvalue weighted by molar-refractivity contribution is 8.00. The minimum atomic E-state index is -0.778. The van der Waals surface area contributed by atoms with Crippen molar-refractivity contribution in [1.29, 1.82) is 0 Å². The number of esters is 4. The highest BCUT2D eigenvalue weighted by Gasteiger charge is 2.28. The van der Waals surface area contributed by atoms with Crippen LogP contribution in [-0.4, -0.2) is 280 Å². The summed E-state index contributed by atoms with van der Waals surface area (Å²) in [5.41, 5.74) is 0. The van der Waals surface area contributed by atoms with Crippen molar-refractivity contribution in [3.63, 3.8) is 0 Å². The zero-order valence-electron chi connectivity index (χ0n) is 52.8. The molecule has 2 fully saturated rings. The molecule has 2 saturated heterocycles. The Bertz CT molecular complexity index is 1610. The second kappa shape index (κ2) is 62.2. The normalized spacial score (nSPS) is 15.7. The standard InChI is InChI=1S/2C30H55NO11S/c1-3-4-5-6-7-8-12-42-30(34)27(26-29(33)41-24-23-40-22-21-38-16-15-35-2)43-25-9-28(32)31-10-13-36-17-19-39-20-18-37-14-11-31;1-3-4-5-6-7-8-12-41-29(33)26-27(30(34)42-24-23-40-22-21-38-16-15-35-2)43-25-9-28(32)31-10-13-36-17-19-39-20-18-37-14-11-31/h2*27H,3-26H2,1-2H3. The first kappa shape index (κ1) is 81.1. The van der Waals surface area contributed by atoms with Crippen molar-refractivity contribution < 1.29 is 105 Å². The van der Waals surface area contributed by atoms with Crippen molar-refractivity contribution in [2.75, 3.05) is 224 Å². The Labute approximate surface area is 522 Å². The maximum atomic E-state index is 12.9. The van der Waals surface area contributed by atoms with Gasteiger partial charge < -0.3 is 85.6 Å². The summed E-state index contributed by atoms with van der Waals surface area (Å²) < 4.78 is 85.9. The van der Waals surface area contributed by atoms with Gasteiger partial charge in [0.05, 0.1) is 171 Å². The predicted octanol–water partition coefficient (Wildman–Crippen LogP) is 5.77. The number of rotatable bonds is 46. The highest BCUT2D eigenvalue weighted by Crippen LogP contribution is 2.21. The number of hydrogen-bond acceptors (Lipinski definition) is 24. The third-order valence-corrected chi connectivity index (χ3v) is 15.2. The molecule has 2 aliphatic rings. The Morgan fingerprint density at radius 3 is 1.02 bits per heavy atom. The summed E-state index contributed by atoms with van der Waals surface area (Å²) in [6, 6.07) is 0. The van der Waals surface area contributed by atoms with Crippen molar-refractivity contribution >= 4 is 59.2 Å². The summed E-state index contributed by atoms with van der Waals surface area (Å²) in [4.78, 5) is 80.1. The highest BCUT2D eigenvalue weighted by atomic mass is 32.2. The molecular weight excluding hydrogens is 1160 g/mol. The molecule has 0 aromatic rings. The van der Waals surface area contributed by atoms with E-state index in [0.29, 0.717) is 183 Å². The maximum Gasteiger partial charge on any atom is 0.319 e. The Morgan fingerprint density at radius 2 is 0.651 bits per heavy atom. The van der Waals surface area contributed by atoms with Crippen LogP contribution in [0.5, 0.6) is 0 Å². The van der Waals surface area contributed by atoms with Crippen LogP contribution in [0, 0.1) is 0 Å². The van der Waals surface area contributed by atoms with Gasteiger partial charge >= 0.3 is 23.9 Å². The van der Waals surface area contributed by atoms with Gasteiger partial charge in [0, 0.05) is 64.7 Å². The van der Waals surface area contributed by atoms with Gasteiger partial charge in [0.1, 0.15) is 23.7 Å². The van der Waals surface area contributed by atoms with Crippen LogP contribution in [0.1, 0.15) is 117 Å². The van der Waals surface area contributed by atoms with Gasteiger partial charge in [-0.1, -0.05) is 78.1 Å². The average molecular weight is 1280 g/mol. The van der Waals surface area contributed by atoms with Crippen LogP contribution in [0.15, 0.2) is 0 Å². The van der Waals surface area contributed by atoms with E-state index >= 15 is 0 Å². The van der Waals surface area contributed by atoms with E-state index in [1.165, 1.54) is 62.0 Å². The second-order valence-electron chi connectivity index (χ2n) is 19.8. The lowest BCUT2D eigenvalue weighted by atomic mass is 10.1. The first-order chi connectivity index (χ1) is 42.2. The third-order valence-electron chi connectivity index (χ3n) is 12.8. The molecule has 0 N–H and O–H groups in total. The fourth-order valence-electron chi connectivity index (χ4n) is 7.89. The monoisotopic (exact) mass is 1270 g/mol. The number of unbranched alkanes of at least 4 members (excludes halogenated alkanes) is 10. The lowest BCUT2D eigenvalue weighted by Gasteiger charge is -2.23. The number of carbonyl (C=O) groups is 6. The molecule has 0 radical (unpaired) electrons. The second-order valence-corrected chi connectivity index (χ2v) is 22.4. The summed E-state index contributed by atoms with van der Waals surface area (Å²) in [5.74, 6) is -1.34. The number of hydrogen-bond donors (Lipinski definition) is 0. The molecule has 0 bridgehead atoms. The van der Waals surface area contributed by atoms with Crippen LogP contribution in [0.4, 0.5) is 0 Å². The molecule has 0 saturated carbocycles. The van der Waals surface area contributed by atoms with Gasteiger partial charge in [0.25, 0.3) is 0 Å². The van der Waals surface area contributed by atoms with E-state index in [4.69, 9.17) is 75.8 Å². The molecule has 26 heteroatoms. The minimum absolute atomic E-state index is 0.0541. The van der Waals surface area contributed by atoms with E-state index in [0.717, 1.165) is 38.5 Å². The zero-order chi connectivity index (χ0) is 62.4. The van der Waals surface area contributed by atoms with Crippen LogP contribution in [-0.2, 0) is 105 Å². The summed E-state index contributed by atoms with van der Waals surface area (Å²) >= 11 is 2.48. The molecule has 86 heavy (non-hydrogen) atoms. The van der Waals surface area contributed by atoms with E-state index in [1.54, 1.807) is 24.0 Å². The molecule has 2 amide bonds. The average Bonchev–Trinajstić information content (AvgIpc) is 3.61. The molecule has 2 atom stereocenters. The number of ether oxygens (including phenoxy) is 16. The lowest BCUT2D eigenvalue weighted by molar-refractivity contribution is -0.150. The molecule has 0 aliphatic carbocycles. The molecule has 0 aromatic heterocycles. The van der Waals surface area contributed by atoms with Crippen molar-refractivity contribution in [2.24, 2.45) is 0 Å². The fraction of sp³-hybridized carbons (Fsp3) is 0.900. The summed E-state index contributed by atoms with van der Waals surface area (Å²) in [6.45, 7) is 16.4. The predicted molar refractivity (Wildman–Crippen MR) is 327 cm³/mol. The Kier molecular flexibility index (Phi) is 58.7. The number of thioether (sulfide) groups is 2. The lowest BCUT2D eigenvalue weighted by Crippen LogP contribution is -2.37. The van der Waals surface area contributed by atoms with E-state index in [9.17, 15) is 28.8 Å². The van der Waals surface area contributed by atoms with Gasteiger partial charge in [-0.05, 0) is 12.8 Å². The first-order valence-corrected chi connectivity index (χ1v) is 33.4. The topological polar surface area (TPSA) is 257 Å². The van der Waals surface area contributed by atoms with Gasteiger partial charge in [0.2, 0.25) is 11.8 Å². The van der Waals surface area contributed by atoms with E-state index in [1.807, 2.05) is 0 Å². The van der Waals surface area contributed by atoms with Crippen LogP contribution < -0.4 is 0 Å². The molecule has 2 rings (SSSR count). The van der Waals surface area contributed by atoms with Crippen molar-refractivity contribution in [3.8, 4) is 0 Å². The van der Waals surface area contributed by atoms with Crippen LogP contribution >= 0.6 is 23.5 Å². The van der Waals surface area contributed by atoms with Gasteiger partial charge in [-0.2, -0.15) is 0 Å². The van der Waals surface area contributed by atoms with Gasteiger partial charge in [-0.3, -0.25) is 28.8 Å². The number of amides is 2. The summed E-state index contributed by atoms with van der Waals surface area (Å²) in [5, 5.41) is -1.53. The van der Waals surface area contributed by atoms with Crippen molar-refractivity contribution in [2.45, 2.75) is 127 Å². The number of carbonyl (C=O) groups excluding carboxylic acids is 6. The van der Waals surface area contributed by atoms with Crippen LogP contribution in [0.3, 0.4) is 0 Å². The van der Waals surface area contributed by atoms with E-state index in [-0.39, 0.29) is 63.9 Å². The minimum Gasteiger partial charge on any atom is -0.466 e. The molecule has 2 heterocycles. The number of methoxy groups -OCH3 is 2. The van der Waals surface area contributed by atoms with Crippen molar-refractivity contribution in [1.82, 2.24) is 9.80 Å². The quantitative estimate of drug-likeness (QED) is 0.0398. The first-order valence-electron chi connectivity index (χ1n) is 31.3. The van der Waals surface area contributed by atoms with Crippen LogP contribution in [0.25, 0.3) is 0 Å². The van der Waals surface area contributed by atoms with E-state index in [2.05, 4.69) is 13.8 Å². The SMILES string of the molecule is CCCCCCCCOC(=O)C(CC(=O)OCCOCCOCCOC)SCCC(=O)N1CCOCCOCCOCC1.CCCCCCCCOC(=O)CC(SCCC(=O)N1CCOCCOCCOCC1)C(=O)OCCOCCOCCOC. The number of nitrogens with zero attached hydrogens (tertiary/aromatic N) is 2. The Morgan fingerprint density at radius 1 is 0.360 bits per heavy atom. The van der Waals surface area contributed by atoms with Crippen LogP contribution in [0.2, 0.25) is 0 Å². The zero-order valence-corrected chi connectivity index (χ0v) is 54.4. The van der Waals surface area contributed by atoms with Gasteiger partial charge in [-0.15, -0.1) is 23.5 Å². The third kappa shape index (κ3) is 50.9. The smallest absolute Gasteiger partial charge is 0.319 e. The molecule has 2 unspecified atom stereocenters. The summed E-state index contributed by atoms with van der Waals surface area (Å²) in [6.07, 6.45) is 13.1. The largest absolute Gasteiger partial charge is 0.466 e. The van der Waals surface area contributed by atoms with Gasteiger partial charge in [0.15, 0.2) is 0 Å². The van der Waals surface area contributed by atoms with E-state index < -0.39 is 34.4 Å². The molecular formula is C60H110N2O22S2. The molecule has 2 aliphatic heterocycles.